The smallest absolute Gasteiger partial charge is 0.316 e. The number of hydrogen-bond donors (Lipinski definition) is 1. The molecule has 0 aliphatic heterocycles. The fraction of sp³-hybridized carbons (Fsp3) is 0.882. The Morgan fingerprint density at radius 1 is 1.14 bits per heavy atom. The second-order valence-electron chi connectivity index (χ2n) is 5.92. The summed E-state index contributed by atoms with van der Waals surface area (Å²) in [7, 11) is 0. The molecule has 0 amide bonds. The summed E-state index contributed by atoms with van der Waals surface area (Å²) in [4.78, 5) is 11.6. The fourth-order valence-corrected chi connectivity index (χ4v) is 4.23. The Morgan fingerprint density at radius 2 is 1.68 bits per heavy atom. The number of unbranched alkanes of at least 4 members (excludes halogenated alkanes) is 7. The van der Waals surface area contributed by atoms with Crippen LogP contribution in [0.15, 0.2) is 0 Å². The monoisotopic (exact) mass is 364 g/mol. The molecule has 0 radical (unpaired) electrons. The summed E-state index contributed by atoms with van der Waals surface area (Å²) < 4.78 is 4.71. The van der Waals surface area contributed by atoms with E-state index in [-0.39, 0.29) is 16.5 Å². The summed E-state index contributed by atoms with van der Waals surface area (Å²) in [5.74, 6) is -0.532. The standard InChI is InChI=1S/C17H32O2S3/c1-4-5-6-7-8-9-10-11-12-14(2)22-17(21)15(3)16(18)19-13-20/h13-15,17,21H,4-12H2,1-3H3. The molecular formula is C17H32O2S3. The zero-order valence-corrected chi connectivity index (χ0v) is 16.8. The molecule has 0 bridgehead atoms. The molecular weight excluding hydrogens is 332 g/mol. The van der Waals surface area contributed by atoms with E-state index in [4.69, 9.17) is 4.74 Å². The van der Waals surface area contributed by atoms with E-state index in [1.807, 2.05) is 6.92 Å². The van der Waals surface area contributed by atoms with Gasteiger partial charge in [-0.1, -0.05) is 72.1 Å². The molecule has 0 fully saturated rings. The van der Waals surface area contributed by atoms with Gasteiger partial charge in [0.1, 0.15) is 0 Å². The first kappa shape index (κ1) is 22.3. The summed E-state index contributed by atoms with van der Waals surface area (Å²) in [5, 5.41) is 0.519. The lowest BCUT2D eigenvalue weighted by atomic mass is 10.1. The van der Waals surface area contributed by atoms with Crippen molar-refractivity contribution in [3.8, 4) is 0 Å². The quantitative estimate of drug-likeness (QED) is 0.134. The van der Waals surface area contributed by atoms with E-state index >= 15 is 0 Å². The Labute approximate surface area is 151 Å². The third-order valence-electron chi connectivity index (χ3n) is 3.80. The molecule has 0 spiro atoms. The Balaban J connectivity index is 3.65. The summed E-state index contributed by atoms with van der Waals surface area (Å²) >= 11 is 10.8. The van der Waals surface area contributed by atoms with Gasteiger partial charge >= 0.3 is 5.97 Å². The van der Waals surface area contributed by atoms with Gasteiger partial charge in [0.25, 0.3) is 0 Å². The molecule has 2 nitrogen and oxygen atoms in total. The second-order valence-corrected chi connectivity index (χ2v) is 8.61. The van der Waals surface area contributed by atoms with Gasteiger partial charge in [-0.15, -0.1) is 11.8 Å². The number of thioether (sulfide) groups is 1. The van der Waals surface area contributed by atoms with Crippen molar-refractivity contribution >= 4 is 48.1 Å². The number of hydrogen-bond acceptors (Lipinski definition) is 5. The van der Waals surface area contributed by atoms with Gasteiger partial charge in [0.05, 0.1) is 10.5 Å². The van der Waals surface area contributed by atoms with Crippen LogP contribution in [0.4, 0.5) is 0 Å². The highest BCUT2D eigenvalue weighted by molar-refractivity contribution is 8.10. The highest BCUT2D eigenvalue weighted by Crippen LogP contribution is 2.30. The maximum Gasteiger partial charge on any atom is 0.316 e. The molecule has 130 valence electrons. The van der Waals surface area contributed by atoms with E-state index in [0.717, 1.165) is 5.55 Å². The SMILES string of the molecule is CCCCCCCCCCC(C)SC(S)C(C)C(=O)OC=S. The van der Waals surface area contributed by atoms with Crippen LogP contribution in [0.1, 0.15) is 78.6 Å². The molecule has 0 aromatic carbocycles. The van der Waals surface area contributed by atoms with Crippen molar-refractivity contribution in [2.45, 2.75) is 88.4 Å². The van der Waals surface area contributed by atoms with Crippen molar-refractivity contribution in [2.24, 2.45) is 5.92 Å². The molecule has 3 atom stereocenters. The average molecular weight is 365 g/mol. The molecule has 0 rings (SSSR count). The first-order valence-electron chi connectivity index (χ1n) is 8.50. The second kappa shape index (κ2) is 14.8. The molecule has 0 aliphatic carbocycles. The van der Waals surface area contributed by atoms with Crippen LogP contribution >= 0.6 is 36.6 Å². The molecule has 0 N–H and O–H groups in total. The maximum absolute atomic E-state index is 11.6. The Kier molecular flexibility index (Phi) is 15.0. The predicted molar refractivity (Wildman–Crippen MR) is 106 cm³/mol. The van der Waals surface area contributed by atoms with Crippen molar-refractivity contribution in [1.29, 1.82) is 0 Å². The minimum atomic E-state index is -0.290. The Bertz CT molecular complexity index is 298. The van der Waals surface area contributed by atoms with Crippen molar-refractivity contribution in [1.82, 2.24) is 0 Å². The van der Waals surface area contributed by atoms with Crippen molar-refractivity contribution < 1.29 is 9.53 Å². The lowest BCUT2D eigenvalue weighted by molar-refractivity contribution is -0.138. The molecule has 0 aromatic rings. The fourth-order valence-electron chi connectivity index (χ4n) is 2.26. The number of rotatable bonds is 14. The van der Waals surface area contributed by atoms with Crippen LogP contribution < -0.4 is 0 Å². The van der Waals surface area contributed by atoms with Crippen molar-refractivity contribution in [2.75, 3.05) is 0 Å². The van der Waals surface area contributed by atoms with E-state index in [0.29, 0.717) is 5.25 Å². The topological polar surface area (TPSA) is 26.3 Å². The van der Waals surface area contributed by atoms with Gasteiger partial charge in [0.15, 0.2) is 5.55 Å². The molecule has 0 aromatic heterocycles. The average Bonchev–Trinajstić information content (AvgIpc) is 2.49. The largest absolute Gasteiger partial charge is 0.422 e. The first-order valence-corrected chi connectivity index (χ1v) is 10.4. The minimum Gasteiger partial charge on any atom is -0.422 e. The molecule has 5 heteroatoms. The number of esters is 1. The van der Waals surface area contributed by atoms with Crippen LogP contribution in [-0.4, -0.2) is 21.4 Å². The van der Waals surface area contributed by atoms with E-state index in [2.05, 4.69) is 38.7 Å². The van der Waals surface area contributed by atoms with Gasteiger partial charge < -0.3 is 4.74 Å². The van der Waals surface area contributed by atoms with Gasteiger partial charge in [-0.3, -0.25) is 4.79 Å². The summed E-state index contributed by atoms with van der Waals surface area (Å²) in [6, 6.07) is 0. The molecule has 0 saturated carbocycles. The lowest BCUT2D eigenvalue weighted by Gasteiger charge is -2.20. The summed E-state index contributed by atoms with van der Waals surface area (Å²) in [5.41, 5.74) is 1.02. The minimum absolute atomic E-state index is 0.0357. The zero-order chi connectivity index (χ0) is 16.8. The van der Waals surface area contributed by atoms with Crippen LogP contribution in [0.3, 0.4) is 0 Å². The molecule has 0 heterocycles. The van der Waals surface area contributed by atoms with E-state index in [9.17, 15) is 4.79 Å². The van der Waals surface area contributed by atoms with Crippen LogP contribution in [0.5, 0.6) is 0 Å². The Morgan fingerprint density at radius 3 is 2.23 bits per heavy atom. The number of thiol groups is 1. The highest BCUT2D eigenvalue weighted by Gasteiger charge is 2.24. The first-order chi connectivity index (χ1) is 10.5. The number of carbonyl (C=O) groups excluding carboxylic acids is 1. The Hall–Kier alpha value is 0.260. The summed E-state index contributed by atoms with van der Waals surface area (Å²) in [6.07, 6.45) is 12.0. The highest BCUT2D eigenvalue weighted by atomic mass is 32.2. The molecule has 22 heavy (non-hydrogen) atoms. The van der Waals surface area contributed by atoms with E-state index in [1.54, 1.807) is 11.8 Å². The van der Waals surface area contributed by atoms with E-state index in [1.165, 1.54) is 57.8 Å². The predicted octanol–water partition coefficient (Wildman–Crippen LogP) is 6.03. The van der Waals surface area contributed by atoms with Gasteiger partial charge in [0.2, 0.25) is 0 Å². The third-order valence-corrected chi connectivity index (χ3v) is 6.10. The van der Waals surface area contributed by atoms with Crippen LogP contribution in [0.25, 0.3) is 0 Å². The summed E-state index contributed by atoms with van der Waals surface area (Å²) in [6.45, 7) is 6.31. The van der Waals surface area contributed by atoms with Crippen molar-refractivity contribution in [3.63, 3.8) is 0 Å². The number of thiocarbonyl (C=S) groups is 1. The van der Waals surface area contributed by atoms with Gasteiger partial charge in [-0.2, -0.15) is 12.6 Å². The lowest BCUT2D eigenvalue weighted by Crippen LogP contribution is -2.22. The van der Waals surface area contributed by atoms with Crippen LogP contribution in [0, 0.1) is 5.92 Å². The van der Waals surface area contributed by atoms with Crippen LogP contribution in [0.2, 0.25) is 0 Å². The van der Waals surface area contributed by atoms with Gasteiger partial charge in [0, 0.05) is 5.25 Å². The van der Waals surface area contributed by atoms with Crippen molar-refractivity contribution in [3.05, 3.63) is 0 Å². The van der Waals surface area contributed by atoms with E-state index < -0.39 is 0 Å². The number of ether oxygens (including phenoxy) is 1. The van der Waals surface area contributed by atoms with Crippen LogP contribution in [-0.2, 0) is 9.53 Å². The zero-order valence-electron chi connectivity index (χ0n) is 14.3. The third kappa shape index (κ3) is 11.8. The maximum atomic E-state index is 11.6. The molecule has 3 unspecified atom stereocenters. The van der Waals surface area contributed by atoms with Gasteiger partial charge in [-0.05, 0) is 18.6 Å². The molecule has 0 aliphatic rings. The normalized spacial score (nSPS) is 15.1. The molecule has 0 saturated heterocycles. The number of carbonyl (C=O) groups is 1. The van der Waals surface area contributed by atoms with Gasteiger partial charge in [-0.25, -0.2) is 0 Å².